The summed E-state index contributed by atoms with van der Waals surface area (Å²) in [5.41, 5.74) is 0. The van der Waals surface area contributed by atoms with Crippen molar-refractivity contribution in [3.63, 3.8) is 0 Å². The first-order valence-electron chi connectivity index (χ1n) is 21.4. The second-order valence-corrected chi connectivity index (χ2v) is 16.7. The van der Waals surface area contributed by atoms with Gasteiger partial charge in [0, 0.05) is 13.0 Å². The highest BCUT2D eigenvalue weighted by atomic mass is 31.2. The maximum Gasteiger partial charge on any atom is 0.306 e. The summed E-state index contributed by atoms with van der Waals surface area (Å²) < 4.78 is 34.5. The third kappa shape index (κ3) is 41.5. The summed E-state index contributed by atoms with van der Waals surface area (Å²) in [6.07, 6.45) is 44.1. The van der Waals surface area contributed by atoms with Crippen molar-refractivity contribution in [1.29, 1.82) is 0 Å². The van der Waals surface area contributed by atoms with Gasteiger partial charge >= 0.3 is 5.97 Å². The molecule has 2 atom stereocenters. The lowest BCUT2D eigenvalue weighted by Crippen LogP contribution is -2.37. The van der Waals surface area contributed by atoms with E-state index in [1.54, 1.807) is 0 Å². The van der Waals surface area contributed by atoms with Crippen LogP contribution in [0.1, 0.15) is 168 Å². The summed E-state index contributed by atoms with van der Waals surface area (Å²) in [5, 5.41) is 0. The Hall–Kier alpha value is -1.54. The SMILES string of the molecule is CC/C=C\C/C=C\C/C=C\CCCCCCOCC(COP(=O)([O-])OCC[N+](C)(C)C)OC(=O)CCCCCCCCC/C=C\CCCCCCCC. The van der Waals surface area contributed by atoms with Gasteiger partial charge in [-0.05, 0) is 70.6 Å². The van der Waals surface area contributed by atoms with Crippen molar-refractivity contribution < 1.29 is 37.3 Å². The number of carbonyl (C=O) groups excluding carboxylic acids is 1. The molecule has 0 aromatic heterocycles. The second-order valence-electron chi connectivity index (χ2n) is 15.3. The Morgan fingerprint density at radius 2 is 1.09 bits per heavy atom. The van der Waals surface area contributed by atoms with E-state index in [1.807, 2.05) is 21.1 Å². The third-order valence-corrected chi connectivity index (χ3v) is 9.83. The normalized spacial score (nSPS) is 14.3. The predicted molar refractivity (Wildman–Crippen MR) is 222 cm³/mol. The lowest BCUT2D eigenvalue weighted by atomic mass is 10.1. The number of hydrogen-bond acceptors (Lipinski definition) is 7. The molecular formula is C44H82NO7P. The van der Waals surface area contributed by atoms with E-state index in [4.69, 9.17) is 18.5 Å². The molecule has 0 aromatic rings. The first kappa shape index (κ1) is 51.5. The lowest BCUT2D eigenvalue weighted by Gasteiger charge is -2.28. The molecule has 310 valence electrons. The van der Waals surface area contributed by atoms with Crippen LogP contribution in [0.3, 0.4) is 0 Å². The molecule has 0 saturated heterocycles. The second kappa shape index (κ2) is 37.4. The number of unbranched alkanes of at least 4 members (excludes halogenated alkanes) is 17. The zero-order chi connectivity index (χ0) is 39.1. The van der Waals surface area contributed by atoms with E-state index >= 15 is 0 Å². The highest BCUT2D eigenvalue weighted by molar-refractivity contribution is 7.45. The molecule has 0 fully saturated rings. The van der Waals surface area contributed by atoms with Crippen LogP contribution in [0.25, 0.3) is 0 Å². The van der Waals surface area contributed by atoms with E-state index in [9.17, 15) is 14.3 Å². The molecule has 0 heterocycles. The van der Waals surface area contributed by atoms with Crippen molar-refractivity contribution in [2.45, 2.75) is 174 Å². The molecule has 0 aliphatic rings. The van der Waals surface area contributed by atoms with E-state index in [0.717, 1.165) is 70.6 Å². The van der Waals surface area contributed by atoms with E-state index in [-0.39, 0.29) is 25.8 Å². The Kier molecular flexibility index (Phi) is 36.3. The topological polar surface area (TPSA) is 94.1 Å². The minimum atomic E-state index is -4.53. The van der Waals surface area contributed by atoms with Gasteiger partial charge in [-0.1, -0.05) is 140 Å². The molecule has 0 radical (unpaired) electrons. The molecule has 2 unspecified atom stereocenters. The molecule has 0 amide bonds. The van der Waals surface area contributed by atoms with Crippen molar-refractivity contribution in [3.05, 3.63) is 48.6 Å². The van der Waals surface area contributed by atoms with Gasteiger partial charge in [0.2, 0.25) is 0 Å². The van der Waals surface area contributed by atoms with Crippen molar-refractivity contribution in [1.82, 2.24) is 0 Å². The highest BCUT2D eigenvalue weighted by Gasteiger charge is 2.20. The minimum Gasteiger partial charge on any atom is -0.756 e. The third-order valence-electron chi connectivity index (χ3n) is 8.86. The average Bonchev–Trinajstić information content (AvgIpc) is 3.11. The molecule has 0 aromatic carbocycles. The lowest BCUT2D eigenvalue weighted by molar-refractivity contribution is -0.870. The van der Waals surface area contributed by atoms with Gasteiger partial charge in [0.25, 0.3) is 7.82 Å². The number of carbonyl (C=O) groups is 1. The number of quaternary nitrogens is 1. The monoisotopic (exact) mass is 768 g/mol. The number of phosphoric ester groups is 1. The van der Waals surface area contributed by atoms with Crippen LogP contribution in [0.2, 0.25) is 0 Å². The van der Waals surface area contributed by atoms with Gasteiger partial charge in [-0.3, -0.25) is 9.36 Å². The molecule has 0 saturated carbocycles. The quantitative estimate of drug-likeness (QED) is 0.0202. The summed E-state index contributed by atoms with van der Waals surface area (Å²) in [4.78, 5) is 25.0. The number of nitrogens with zero attached hydrogens (tertiary/aromatic N) is 1. The number of esters is 1. The van der Waals surface area contributed by atoms with Crippen LogP contribution in [0.15, 0.2) is 48.6 Å². The summed E-state index contributed by atoms with van der Waals surface area (Å²) >= 11 is 0. The zero-order valence-electron chi connectivity index (χ0n) is 35.0. The summed E-state index contributed by atoms with van der Waals surface area (Å²) in [6.45, 7) is 5.23. The average molecular weight is 768 g/mol. The largest absolute Gasteiger partial charge is 0.756 e. The van der Waals surface area contributed by atoms with Crippen LogP contribution in [0, 0.1) is 0 Å². The molecule has 9 heteroatoms. The summed E-state index contributed by atoms with van der Waals surface area (Å²) in [7, 11) is 1.33. The maximum atomic E-state index is 12.7. The van der Waals surface area contributed by atoms with Crippen molar-refractivity contribution in [3.8, 4) is 0 Å². The maximum absolute atomic E-state index is 12.7. The number of ether oxygens (including phenoxy) is 2. The van der Waals surface area contributed by atoms with Gasteiger partial charge < -0.3 is 27.9 Å². The highest BCUT2D eigenvalue weighted by Crippen LogP contribution is 2.38. The number of allylic oxidation sites excluding steroid dienone is 8. The van der Waals surface area contributed by atoms with Gasteiger partial charge in [0.05, 0.1) is 34.4 Å². The van der Waals surface area contributed by atoms with Crippen LogP contribution in [-0.4, -0.2) is 70.7 Å². The minimum absolute atomic E-state index is 0.0192. The Balaban J connectivity index is 4.29. The predicted octanol–water partition coefficient (Wildman–Crippen LogP) is 11.7. The first-order valence-corrected chi connectivity index (χ1v) is 22.8. The van der Waals surface area contributed by atoms with Crippen LogP contribution < -0.4 is 4.89 Å². The van der Waals surface area contributed by atoms with Gasteiger partial charge in [-0.15, -0.1) is 0 Å². The van der Waals surface area contributed by atoms with Crippen LogP contribution in [-0.2, 0) is 27.9 Å². The molecule has 0 aliphatic carbocycles. The van der Waals surface area contributed by atoms with Crippen LogP contribution in [0.5, 0.6) is 0 Å². The number of likely N-dealkylation sites (N-methyl/N-ethyl adjacent to an activating group) is 1. The molecule has 0 spiro atoms. The first-order chi connectivity index (χ1) is 25.6. The van der Waals surface area contributed by atoms with E-state index in [1.165, 1.54) is 77.0 Å². The number of phosphoric acid groups is 1. The van der Waals surface area contributed by atoms with Crippen LogP contribution in [0.4, 0.5) is 0 Å². The molecule has 0 rings (SSSR count). The van der Waals surface area contributed by atoms with Crippen molar-refractivity contribution >= 4 is 13.8 Å². The molecule has 8 nitrogen and oxygen atoms in total. The van der Waals surface area contributed by atoms with E-state index < -0.39 is 13.9 Å². The van der Waals surface area contributed by atoms with E-state index in [0.29, 0.717) is 24.1 Å². The van der Waals surface area contributed by atoms with Gasteiger partial charge in [-0.2, -0.15) is 0 Å². The standard InChI is InChI=1S/C44H82NO7P/c1-6-8-10-12-14-16-18-20-22-23-24-25-27-29-31-33-35-37-44(46)52-43(42-51-53(47,48)50-40-38-45(3,4)5)41-49-39-36-34-32-30-28-26-21-19-17-15-13-11-9-7-2/h9,11,15,17,20-22,26,43H,6-8,10,12-14,16,18-19,23-25,27-42H2,1-5H3/b11-9-,17-15-,22-20-,26-21-. The molecule has 53 heavy (non-hydrogen) atoms. The number of hydrogen-bond donors (Lipinski definition) is 0. The fourth-order valence-corrected chi connectivity index (χ4v) is 6.28. The Bertz CT molecular complexity index is 989. The smallest absolute Gasteiger partial charge is 0.306 e. The van der Waals surface area contributed by atoms with Crippen molar-refractivity contribution in [2.24, 2.45) is 0 Å². The van der Waals surface area contributed by atoms with Crippen molar-refractivity contribution in [2.75, 3.05) is 54.1 Å². The molecule has 0 N–H and O–H groups in total. The Labute approximate surface area is 327 Å². The Morgan fingerprint density at radius 3 is 1.66 bits per heavy atom. The molecule has 0 aliphatic heterocycles. The Morgan fingerprint density at radius 1 is 0.604 bits per heavy atom. The van der Waals surface area contributed by atoms with Gasteiger partial charge in [0.1, 0.15) is 19.3 Å². The fourth-order valence-electron chi connectivity index (χ4n) is 5.55. The van der Waals surface area contributed by atoms with Gasteiger partial charge in [0.15, 0.2) is 0 Å². The van der Waals surface area contributed by atoms with Crippen LogP contribution >= 0.6 is 7.82 Å². The van der Waals surface area contributed by atoms with E-state index in [2.05, 4.69) is 62.5 Å². The summed E-state index contributed by atoms with van der Waals surface area (Å²) in [5.74, 6) is -0.349. The fraction of sp³-hybridized carbons (Fsp3) is 0.795. The summed E-state index contributed by atoms with van der Waals surface area (Å²) in [6, 6.07) is 0. The zero-order valence-corrected chi connectivity index (χ0v) is 35.8. The molecular weight excluding hydrogens is 685 g/mol. The molecule has 0 bridgehead atoms. The number of rotatable bonds is 39. The van der Waals surface area contributed by atoms with Gasteiger partial charge in [-0.25, -0.2) is 0 Å².